The normalized spacial score (nSPS) is 19.3. The van der Waals surface area contributed by atoms with Gasteiger partial charge in [0.05, 0.1) is 28.0 Å². The second-order valence-electron chi connectivity index (χ2n) is 7.64. The van der Waals surface area contributed by atoms with Crippen molar-refractivity contribution < 1.29 is 13.7 Å². The standard InChI is InChI=1S/C19H25N3O3S/c1-19(2,3)25-18(23)22-10-6-7-14(12-22)13-26(24)17-11-20-15-8-4-5-9-16(15)21-17/h4-5,8-9,11,14H,6-7,10,12-13H2,1-3H3/t14-,26+/m0/s1. The molecule has 7 heteroatoms. The summed E-state index contributed by atoms with van der Waals surface area (Å²) >= 11 is 0. The van der Waals surface area contributed by atoms with Gasteiger partial charge in [-0.1, -0.05) is 12.1 Å². The fourth-order valence-corrected chi connectivity index (χ4v) is 4.28. The Morgan fingerprint density at radius 2 is 2.04 bits per heavy atom. The minimum atomic E-state index is -1.24. The van der Waals surface area contributed by atoms with Gasteiger partial charge in [0, 0.05) is 18.8 Å². The number of nitrogens with zero attached hydrogens (tertiary/aromatic N) is 3. The van der Waals surface area contributed by atoms with Gasteiger partial charge in [0.1, 0.15) is 10.6 Å². The molecule has 0 saturated carbocycles. The van der Waals surface area contributed by atoms with E-state index in [4.69, 9.17) is 4.74 Å². The summed E-state index contributed by atoms with van der Waals surface area (Å²) in [6.45, 7) is 6.84. The van der Waals surface area contributed by atoms with Crippen molar-refractivity contribution in [2.75, 3.05) is 18.8 Å². The van der Waals surface area contributed by atoms with Crippen molar-refractivity contribution in [1.82, 2.24) is 14.9 Å². The lowest BCUT2D eigenvalue weighted by atomic mass is 10.0. The molecule has 2 aromatic rings. The number of fused-ring (bicyclic) bond motifs is 1. The molecular formula is C19H25N3O3S. The number of hydrogen-bond donors (Lipinski definition) is 0. The lowest BCUT2D eigenvalue weighted by Gasteiger charge is -2.33. The molecule has 140 valence electrons. The Labute approximate surface area is 156 Å². The summed E-state index contributed by atoms with van der Waals surface area (Å²) in [4.78, 5) is 22.8. The molecule has 26 heavy (non-hydrogen) atoms. The number of carbonyl (C=O) groups excluding carboxylic acids is 1. The van der Waals surface area contributed by atoms with Crippen molar-refractivity contribution >= 4 is 27.9 Å². The summed E-state index contributed by atoms with van der Waals surface area (Å²) in [6, 6.07) is 7.55. The molecule has 0 N–H and O–H groups in total. The molecule has 1 saturated heterocycles. The van der Waals surface area contributed by atoms with Crippen molar-refractivity contribution in [3.63, 3.8) is 0 Å². The third-order valence-electron chi connectivity index (χ3n) is 4.22. The first-order valence-corrected chi connectivity index (χ1v) is 10.2. The maximum Gasteiger partial charge on any atom is 0.410 e. The van der Waals surface area contributed by atoms with Gasteiger partial charge < -0.3 is 9.64 Å². The minimum absolute atomic E-state index is 0.172. The molecule has 1 aromatic carbocycles. The first kappa shape index (κ1) is 18.8. The van der Waals surface area contributed by atoms with Crippen LogP contribution in [0.2, 0.25) is 0 Å². The zero-order valence-corrected chi connectivity index (χ0v) is 16.3. The van der Waals surface area contributed by atoms with Crippen LogP contribution in [0.25, 0.3) is 11.0 Å². The van der Waals surface area contributed by atoms with Crippen LogP contribution in [-0.4, -0.2) is 49.6 Å². The van der Waals surface area contributed by atoms with Gasteiger partial charge in [0.15, 0.2) is 0 Å². The van der Waals surface area contributed by atoms with Crippen LogP contribution in [0.15, 0.2) is 35.5 Å². The highest BCUT2D eigenvalue weighted by atomic mass is 32.2. The number of amides is 1. The number of piperidine rings is 1. The van der Waals surface area contributed by atoms with E-state index >= 15 is 0 Å². The number of carbonyl (C=O) groups is 1. The Kier molecular flexibility index (Phi) is 5.55. The molecule has 1 aromatic heterocycles. The molecule has 0 aliphatic carbocycles. The molecule has 3 rings (SSSR count). The Morgan fingerprint density at radius 1 is 1.31 bits per heavy atom. The van der Waals surface area contributed by atoms with Crippen molar-refractivity contribution in [3.05, 3.63) is 30.5 Å². The van der Waals surface area contributed by atoms with Gasteiger partial charge in [-0.2, -0.15) is 0 Å². The van der Waals surface area contributed by atoms with Crippen LogP contribution in [0.4, 0.5) is 4.79 Å². The third-order valence-corrected chi connectivity index (χ3v) is 5.65. The number of rotatable bonds is 3. The zero-order chi connectivity index (χ0) is 18.7. The SMILES string of the molecule is CC(C)(C)OC(=O)N1CCC[C@H](C[S@@](=O)c2cnc3ccccc3n2)C1. The molecule has 0 radical (unpaired) electrons. The largest absolute Gasteiger partial charge is 0.444 e. The Bertz CT molecular complexity index is 819. The maximum atomic E-state index is 12.7. The van der Waals surface area contributed by atoms with Crippen molar-refractivity contribution in [2.45, 2.75) is 44.2 Å². The van der Waals surface area contributed by atoms with E-state index in [-0.39, 0.29) is 12.0 Å². The monoisotopic (exact) mass is 375 g/mol. The molecule has 0 bridgehead atoms. The second kappa shape index (κ2) is 7.70. The van der Waals surface area contributed by atoms with Crippen molar-refractivity contribution in [3.8, 4) is 0 Å². The van der Waals surface area contributed by atoms with Gasteiger partial charge in [-0.05, 0) is 51.7 Å². The third kappa shape index (κ3) is 4.78. The average molecular weight is 375 g/mol. The Morgan fingerprint density at radius 3 is 2.77 bits per heavy atom. The molecule has 1 amide bonds. The van der Waals surface area contributed by atoms with E-state index in [1.165, 1.54) is 0 Å². The van der Waals surface area contributed by atoms with E-state index in [0.717, 1.165) is 23.9 Å². The predicted octanol–water partition coefficient (Wildman–Crippen LogP) is 3.38. The second-order valence-corrected chi connectivity index (χ2v) is 9.09. The predicted molar refractivity (Wildman–Crippen MR) is 101 cm³/mol. The molecule has 0 unspecified atom stereocenters. The highest BCUT2D eigenvalue weighted by Gasteiger charge is 2.28. The molecular weight excluding hydrogens is 350 g/mol. The topological polar surface area (TPSA) is 72.4 Å². The number of ether oxygens (including phenoxy) is 1. The number of benzene rings is 1. The van der Waals surface area contributed by atoms with Gasteiger partial charge in [-0.25, -0.2) is 9.78 Å². The van der Waals surface area contributed by atoms with Crippen LogP contribution in [-0.2, 0) is 15.5 Å². The highest BCUT2D eigenvalue weighted by Crippen LogP contribution is 2.22. The van der Waals surface area contributed by atoms with E-state index in [1.54, 1.807) is 11.1 Å². The van der Waals surface area contributed by atoms with Crippen LogP contribution in [0.1, 0.15) is 33.6 Å². The number of hydrogen-bond acceptors (Lipinski definition) is 5. The molecule has 6 nitrogen and oxygen atoms in total. The van der Waals surface area contributed by atoms with Crippen LogP contribution >= 0.6 is 0 Å². The van der Waals surface area contributed by atoms with Gasteiger partial charge in [-0.3, -0.25) is 9.19 Å². The summed E-state index contributed by atoms with van der Waals surface area (Å²) in [5, 5.41) is 0.498. The van der Waals surface area contributed by atoms with Crippen LogP contribution in [0.3, 0.4) is 0 Å². The summed E-state index contributed by atoms with van der Waals surface area (Å²) in [5.74, 6) is 0.650. The summed E-state index contributed by atoms with van der Waals surface area (Å²) in [5.41, 5.74) is 1.03. The van der Waals surface area contributed by atoms with E-state index < -0.39 is 16.4 Å². The highest BCUT2D eigenvalue weighted by molar-refractivity contribution is 7.84. The van der Waals surface area contributed by atoms with Crippen LogP contribution in [0.5, 0.6) is 0 Å². The van der Waals surface area contributed by atoms with Gasteiger partial charge in [-0.15, -0.1) is 0 Å². The Hall–Kier alpha value is -2.02. The van der Waals surface area contributed by atoms with Gasteiger partial charge >= 0.3 is 6.09 Å². The molecule has 2 atom stereocenters. The van der Waals surface area contributed by atoms with Crippen molar-refractivity contribution in [1.29, 1.82) is 0 Å². The van der Waals surface area contributed by atoms with Crippen LogP contribution < -0.4 is 0 Å². The lowest BCUT2D eigenvalue weighted by Crippen LogP contribution is -2.44. The molecule has 1 aliphatic rings. The summed E-state index contributed by atoms with van der Waals surface area (Å²) in [7, 11) is -1.24. The van der Waals surface area contributed by atoms with E-state index in [2.05, 4.69) is 9.97 Å². The summed E-state index contributed by atoms with van der Waals surface area (Å²) in [6.07, 6.45) is 3.14. The Balaban J connectivity index is 1.63. The quantitative estimate of drug-likeness (QED) is 0.822. The molecule has 0 spiro atoms. The van der Waals surface area contributed by atoms with E-state index in [9.17, 15) is 9.00 Å². The molecule has 1 aliphatic heterocycles. The van der Waals surface area contributed by atoms with E-state index in [0.29, 0.717) is 23.9 Å². The fraction of sp³-hybridized carbons (Fsp3) is 0.526. The number of likely N-dealkylation sites (tertiary alicyclic amines) is 1. The lowest BCUT2D eigenvalue weighted by molar-refractivity contribution is 0.0176. The average Bonchev–Trinajstić information content (AvgIpc) is 2.60. The minimum Gasteiger partial charge on any atom is -0.444 e. The maximum absolute atomic E-state index is 12.7. The van der Waals surface area contributed by atoms with Crippen molar-refractivity contribution in [2.24, 2.45) is 5.92 Å². The molecule has 1 fully saturated rings. The first-order valence-electron chi connectivity index (χ1n) is 8.90. The van der Waals surface area contributed by atoms with Gasteiger partial charge in [0.25, 0.3) is 0 Å². The fourth-order valence-electron chi connectivity index (χ4n) is 3.04. The molecule has 2 heterocycles. The van der Waals surface area contributed by atoms with Crippen LogP contribution in [0, 0.1) is 5.92 Å². The smallest absolute Gasteiger partial charge is 0.410 e. The van der Waals surface area contributed by atoms with E-state index in [1.807, 2.05) is 45.0 Å². The summed E-state index contributed by atoms with van der Waals surface area (Å²) < 4.78 is 18.2. The van der Waals surface area contributed by atoms with Gasteiger partial charge in [0.2, 0.25) is 0 Å². The number of para-hydroxylation sites is 2. The number of aromatic nitrogens is 2. The first-order chi connectivity index (χ1) is 12.3. The zero-order valence-electron chi connectivity index (χ0n) is 15.5.